The maximum Gasteiger partial charge on any atom is 0.337 e. The van der Waals surface area contributed by atoms with Crippen molar-refractivity contribution in [1.29, 1.82) is 0 Å². The van der Waals surface area contributed by atoms with Gasteiger partial charge in [0.15, 0.2) is 0 Å². The number of aliphatic hydroxyl groups excluding tert-OH is 1. The smallest absolute Gasteiger partial charge is 0.337 e. The Morgan fingerprint density at radius 1 is 1.09 bits per heavy atom. The summed E-state index contributed by atoms with van der Waals surface area (Å²) in [6.07, 6.45) is 9.00. The van der Waals surface area contributed by atoms with Gasteiger partial charge in [-0.1, -0.05) is 19.3 Å². The van der Waals surface area contributed by atoms with Crippen molar-refractivity contribution in [3.8, 4) is 0 Å². The Labute approximate surface area is 140 Å². The number of hydrogen-bond donors (Lipinski definition) is 1. The van der Waals surface area contributed by atoms with Gasteiger partial charge in [0.1, 0.15) is 6.10 Å². The van der Waals surface area contributed by atoms with Crippen LogP contribution in [-0.4, -0.2) is 39.2 Å². The average Bonchev–Trinajstić information content (AvgIpc) is 2.44. The zero-order valence-electron chi connectivity index (χ0n) is 15.4. The van der Waals surface area contributed by atoms with Crippen molar-refractivity contribution >= 4 is 5.97 Å². The first-order valence-corrected chi connectivity index (χ1v) is 8.99. The predicted octanol–water partition coefficient (Wildman–Crippen LogP) is 4.35. The van der Waals surface area contributed by atoms with Crippen LogP contribution in [0.5, 0.6) is 0 Å². The molecule has 2 aliphatic rings. The molecule has 0 unspecified atom stereocenters. The highest BCUT2D eigenvalue weighted by Gasteiger charge is 2.49. The average molecular weight is 323 g/mol. The van der Waals surface area contributed by atoms with Gasteiger partial charge in [-0.2, -0.15) is 0 Å². The molecule has 2 rings (SSSR count). The van der Waals surface area contributed by atoms with Crippen LogP contribution in [0.25, 0.3) is 0 Å². The lowest BCUT2D eigenvalue weighted by molar-refractivity contribution is -0.160. The molecule has 0 aromatic rings. The monoisotopic (exact) mass is 323 g/mol. The van der Waals surface area contributed by atoms with E-state index in [2.05, 4.69) is 32.6 Å². The zero-order chi connectivity index (χ0) is 17.3. The van der Waals surface area contributed by atoms with Gasteiger partial charge in [-0.05, 0) is 47.5 Å². The number of carbonyl (C=O) groups is 1. The fourth-order valence-corrected chi connectivity index (χ4v) is 4.91. The maximum atomic E-state index is 12.0. The lowest BCUT2D eigenvalue weighted by atomic mass is 9.75. The molecule has 1 N–H and O–H groups in total. The number of rotatable bonds is 3. The van der Waals surface area contributed by atoms with Crippen LogP contribution in [-0.2, 0) is 9.53 Å². The summed E-state index contributed by atoms with van der Waals surface area (Å²) >= 11 is 0. The van der Waals surface area contributed by atoms with Gasteiger partial charge in [-0.15, -0.1) is 0 Å². The van der Waals surface area contributed by atoms with Crippen LogP contribution in [0.15, 0.2) is 11.8 Å². The van der Waals surface area contributed by atoms with Gasteiger partial charge < -0.3 is 9.84 Å². The molecule has 0 aromatic heterocycles. The van der Waals surface area contributed by atoms with Crippen molar-refractivity contribution in [2.75, 3.05) is 0 Å². The van der Waals surface area contributed by atoms with Crippen LogP contribution in [0.1, 0.15) is 79.6 Å². The van der Waals surface area contributed by atoms with E-state index in [9.17, 15) is 4.79 Å². The van der Waals surface area contributed by atoms with Crippen LogP contribution < -0.4 is 0 Å². The third kappa shape index (κ3) is 4.09. The molecule has 23 heavy (non-hydrogen) atoms. The number of likely N-dealkylation sites (tertiary alicyclic amines) is 1. The molecule has 0 amide bonds. The molecule has 2 fully saturated rings. The van der Waals surface area contributed by atoms with Gasteiger partial charge in [0.05, 0.1) is 11.8 Å². The number of ether oxygens (including phenoxy) is 1. The number of piperidine rings is 1. The van der Waals surface area contributed by atoms with Crippen LogP contribution in [0.2, 0.25) is 0 Å². The molecule has 0 bridgehead atoms. The summed E-state index contributed by atoms with van der Waals surface area (Å²) in [5, 5.41) is 8.98. The highest BCUT2D eigenvalue weighted by Crippen LogP contribution is 2.44. The van der Waals surface area contributed by atoms with E-state index < -0.39 is 5.97 Å². The molecule has 4 heteroatoms. The van der Waals surface area contributed by atoms with Crippen LogP contribution >= 0.6 is 0 Å². The van der Waals surface area contributed by atoms with Gasteiger partial charge in [0, 0.05) is 30.0 Å². The third-order valence-corrected chi connectivity index (χ3v) is 5.49. The number of hydrogen-bond acceptors (Lipinski definition) is 4. The minimum atomic E-state index is -0.407. The Morgan fingerprint density at radius 2 is 1.61 bits per heavy atom. The fraction of sp³-hybridized carbons (Fsp3) is 0.842. The minimum absolute atomic E-state index is 0.00549. The summed E-state index contributed by atoms with van der Waals surface area (Å²) in [5.74, 6) is -0.407. The zero-order valence-corrected chi connectivity index (χ0v) is 15.4. The summed E-state index contributed by atoms with van der Waals surface area (Å²) < 4.78 is 5.66. The van der Waals surface area contributed by atoms with Crippen LogP contribution in [0, 0.1) is 0 Å². The van der Waals surface area contributed by atoms with Crippen molar-refractivity contribution in [1.82, 2.24) is 4.90 Å². The number of carbonyl (C=O) groups excluding carboxylic acids is 1. The number of aliphatic hydroxyl groups is 1. The van der Waals surface area contributed by atoms with Crippen LogP contribution in [0.3, 0.4) is 0 Å². The standard InChI is InChI=1S/C19H33NO3/c1-14(13-21)17(22)23-16-11-18(2,3)20(19(4,5)12-16)15-9-7-6-8-10-15/h13,15-16,21H,6-12H2,1-5H3. The molecule has 4 nitrogen and oxygen atoms in total. The second kappa shape index (κ2) is 6.84. The Hall–Kier alpha value is -1.03. The first kappa shape index (κ1) is 18.3. The lowest BCUT2D eigenvalue weighted by Gasteiger charge is -2.58. The van der Waals surface area contributed by atoms with Crippen molar-refractivity contribution in [2.45, 2.75) is 103 Å². The predicted molar refractivity (Wildman–Crippen MR) is 92.4 cm³/mol. The Kier molecular flexibility index (Phi) is 5.44. The number of esters is 1. The van der Waals surface area contributed by atoms with E-state index in [0.29, 0.717) is 6.04 Å². The highest BCUT2D eigenvalue weighted by molar-refractivity contribution is 5.87. The molecule has 1 saturated heterocycles. The summed E-state index contributed by atoms with van der Waals surface area (Å²) in [7, 11) is 0. The SMILES string of the molecule is CC(=CO)C(=O)OC1CC(C)(C)N(C2CCCCC2)C(C)(C)C1. The van der Waals surface area contributed by atoms with E-state index >= 15 is 0 Å². The molecule has 132 valence electrons. The molecular formula is C19H33NO3. The van der Waals surface area contributed by atoms with E-state index in [1.165, 1.54) is 32.1 Å². The summed E-state index contributed by atoms with van der Waals surface area (Å²) in [6, 6.07) is 0.643. The van der Waals surface area contributed by atoms with Gasteiger partial charge in [0.2, 0.25) is 0 Å². The van der Waals surface area contributed by atoms with E-state index in [1.807, 2.05) is 0 Å². The first-order chi connectivity index (χ1) is 10.7. The highest BCUT2D eigenvalue weighted by atomic mass is 16.5. The summed E-state index contributed by atoms with van der Waals surface area (Å²) in [6.45, 7) is 10.7. The second-order valence-corrected chi connectivity index (χ2v) is 8.53. The van der Waals surface area contributed by atoms with Crippen LogP contribution in [0.4, 0.5) is 0 Å². The van der Waals surface area contributed by atoms with Gasteiger partial charge in [-0.3, -0.25) is 4.90 Å². The largest absolute Gasteiger partial charge is 0.515 e. The molecular weight excluding hydrogens is 290 g/mol. The fourth-order valence-electron chi connectivity index (χ4n) is 4.91. The van der Waals surface area contributed by atoms with E-state index in [1.54, 1.807) is 6.92 Å². The molecule has 1 saturated carbocycles. The summed E-state index contributed by atoms with van der Waals surface area (Å²) in [4.78, 5) is 14.7. The van der Waals surface area contributed by atoms with E-state index in [-0.39, 0.29) is 22.8 Å². The minimum Gasteiger partial charge on any atom is -0.515 e. The van der Waals surface area contributed by atoms with Crippen molar-refractivity contribution in [3.63, 3.8) is 0 Å². The third-order valence-electron chi connectivity index (χ3n) is 5.49. The quantitative estimate of drug-likeness (QED) is 0.477. The topological polar surface area (TPSA) is 49.8 Å². The molecule has 0 radical (unpaired) electrons. The Bertz CT molecular complexity index is 443. The Morgan fingerprint density at radius 3 is 2.09 bits per heavy atom. The van der Waals surface area contributed by atoms with Gasteiger partial charge >= 0.3 is 5.97 Å². The van der Waals surface area contributed by atoms with Gasteiger partial charge in [0.25, 0.3) is 0 Å². The van der Waals surface area contributed by atoms with Gasteiger partial charge in [-0.25, -0.2) is 4.79 Å². The molecule has 1 heterocycles. The van der Waals surface area contributed by atoms with E-state index in [4.69, 9.17) is 9.84 Å². The molecule has 1 aliphatic heterocycles. The molecule has 0 spiro atoms. The van der Waals surface area contributed by atoms with Crippen molar-refractivity contribution in [2.24, 2.45) is 0 Å². The van der Waals surface area contributed by atoms with Crippen molar-refractivity contribution in [3.05, 3.63) is 11.8 Å². The molecule has 1 aliphatic carbocycles. The first-order valence-electron chi connectivity index (χ1n) is 8.99. The Balaban J connectivity index is 2.13. The molecule has 0 atom stereocenters. The maximum absolute atomic E-state index is 12.0. The molecule has 0 aromatic carbocycles. The summed E-state index contributed by atoms with van der Waals surface area (Å²) in [5.41, 5.74) is 0.271. The normalized spacial score (nSPS) is 26.9. The number of nitrogens with zero attached hydrogens (tertiary/aromatic N) is 1. The lowest BCUT2D eigenvalue weighted by Crippen LogP contribution is -2.65. The van der Waals surface area contributed by atoms with Crippen molar-refractivity contribution < 1.29 is 14.6 Å². The second-order valence-electron chi connectivity index (χ2n) is 8.53. The van der Waals surface area contributed by atoms with E-state index in [0.717, 1.165) is 19.1 Å².